The number of hydrogen-bond donors (Lipinski definition) is 5. The predicted octanol–water partition coefficient (Wildman–Crippen LogP) is -0.727. The maximum absolute atomic E-state index is 9.80. The van der Waals surface area contributed by atoms with Crippen LogP contribution in [0.25, 0.3) is 0 Å². The van der Waals surface area contributed by atoms with Crippen molar-refractivity contribution in [2.24, 2.45) is 5.16 Å². The molecule has 8 heteroatoms. The Morgan fingerprint density at radius 2 is 1.95 bits per heavy atom. The summed E-state index contributed by atoms with van der Waals surface area (Å²) in [5, 5.41) is 50.3. The number of aliphatic hydroxyl groups excluding tert-OH is 4. The average Bonchev–Trinajstić information content (AvgIpc) is 2.43. The number of thioether (sulfide) groups is 1. The zero-order chi connectivity index (χ0) is 14.4. The second-order valence-electron chi connectivity index (χ2n) is 4.14. The molecule has 0 bridgehead atoms. The van der Waals surface area contributed by atoms with Crippen molar-refractivity contribution >= 4 is 16.8 Å². The highest BCUT2D eigenvalue weighted by atomic mass is 32.2. The zero-order valence-electron chi connectivity index (χ0n) is 10.3. The number of oxime groups is 1. The summed E-state index contributed by atoms with van der Waals surface area (Å²) >= 11 is 0.936. The molecule has 5 unspecified atom stereocenters. The van der Waals surface area contributed by atoms with Gasteiger partial charge in [0.2, 0.25) is 0 Å². The molecule has 1 heterocycles. The van der Waals surface area contributed by atoms with Gasteiger partial charge in [-0.05, 0) is 6.42 Å². The summed E-state index contributed by atoms with van der Waals surface area (Å²) in [6.07, 6.45) is -2.47. The summed E-state index contributed by atoms with van der Waals surface area (Å²) in [5.41, 5.74) is -0.925. The second kappa shape index (κ2) is 7.83. The lowest BCUT2D eigenvalue weighted by atomic mass is 10.0. The first-order valence-corrected chi connectivity index (χ1v) is 6.72. The molecule has 0 aliphatic carbocycles. The first-order valence-electron chi connectivity index (χ1n) is 5.84. The van der Waals surface area contributed by atoms with Crippen LogP contribution in [-0.4, -0.2) is 67.1 Å². The Morgan fingerprint density at radius 1 is 1.26 bits per heavy atom. The van der Waals surface area contributed by atoms with Gasteiger partial charge in [0.05, 0.1) is 6.61 Å². The quantitative estimate of drug-likeness (QED) is 0.149. The van der Waals surface area contributed by atoms with E-state index in [-0.39, 0.29) is 0 Å². The second-order valence-corrected chi connectivity index (χ2v) is 5.31. The number of aliphatic hydroxyl groups is 4. The van der Waals surface area contributed by atoms with Gasteiger partial charge < -0.3 is 30.4 Å². The highest BCUT2D eigenvalue weighted by molar-refractivity contribution is 8.14. The molecule has 1 fully saturated rings. The van der Waals surface area contributed by atoms with Crippen LogP contribution in [-0.2, 0) is 4.74 Å². The molecule has 110 valence electrons. The summed E-state index contributed by atoms with van der Waals surface area (Å²) in [6, 6.07) is 0. The Morgan fingerprint density at radius 3 is 2.47 bits per heavy atom. The summed E-state index contributed by atoms with van der Waals surface area (Å²) in [6.45, 7) is 3.06. The van der Waals surface area contributed by atoms with Crippen LogP contribution in [0.15, 0.2) is 17.8 Å². The molecule has 1 aliphatic heterocycles. The van der Waals surface area contributed by atoms with Crippen LogP contribution in [0.4, 0.5) is 0 Å². The van der Waals surface area contributed by atoms with Gasteiger partial charge in [0.1, 0.15) is 34.9 Å². The Balaban J connectivity index is 2.67. The molecule has 0 aromatic heterocycles. The maximum Gasteiger partial charge on any atom is 0.138 e. The summed E-state index contributed by atoms with van der Waals surface area (Å²) < 4.78 is 5.28. The Labute approximate surface area is 115 Å². The van der Waals surface area contributed by atoms with Crippen LogP contribution in [0, 0.1) is 0 Å². The fraction of sp³-hybridized carbons (Fsp3) is 0.727. The van der Waals surface area contributed by atoms with E-state index in [9.17, 15) is 15.3 Å². The third-order valence-electron chi connectivity index (χ3n) is 2.77. The molecule has 5 atom stereocenters. The van der Waals surface area contributed by atoms with E-state index in [1.54, 1.807) is 6.08 Å². The normalized spacial score (nSPS) is 36.2. The number of ether oxygens (including phenoxy) is 1. The molecular weight excluding hydrogens is 274 g/mol. The van der Waals surface area contributed by atoms with E-state index in [1.807, 2.05) is 0 Å². The van der Waals surface area contributed by atoms with E-state index in [2.05, 4.69) is 11.7 Å². The average molecular weight is 293 g/mol. The lowest BCUT2D eigenvalue weighted by molar-refractivity contribution is -0.205. The first-order chi connectivity index (χ1) is 9.04. The number of nitrogens with zero attached hydrogens (tertiary/aromatic N) is 1. The highest BCUT2D eigenvalue weighted by Gasteiger charge is 2.44. The molecule has 19 heavy (non-hydrogen) atoms. The smallest absolute Gasteiger partial charge is 0.138 e. The van der Waals surface area contributed by atoms with Crippen molar-refractivity contribution in [3.05, 3.63) is 12.7 Å². The Kier molecular flexibility index (Phi) is 6.76. The Bertz CT molecular complexity index is 324. The summed E-state index contributed by atoms with van der Waals surface area (Å²) in [5.74, 6) is 0. The standard InChI is InChI=1S/C11H19NO6S/c1-2-3-4-7(12-17)19-11-10(16)9(15)8(14)6(5-13)18-11/h2,6,8-11,13-17H,1,3-5H2. The van der Waals surface area contributed by atoms with Gasteiger partial charge in [0.15, 0.2) is 0 Å². The SMILES string of the molecule is C=CCCC(=NO)SC1OC(CO)C(O)C(O)C1O. The molecule has 0 spiro atoms. The zero-order valence-corrected chi connectivity index (χ0v) is 11.1. The third-order valence-corrected chi connectivity index (χ3v) is 3.95. The van der Waals surface area contributed by atoms with Gasteiger partial charge in [-0.25, -0.2) is 0 Å². The van der Waals surface area contributed by atoms with Gasteiger partial charge in [-0.2, -0.15) is 0 Å². The van der Waals surface area contributed by atoms with Crippen molar-refractivity contribution in [1.82, 2.24) is 0 Å². The molecule has 0 aromatic rings. The first kappa shape index (κ1) is 16.4. The largest absolute Gasteiger partial charge is 0.410 e. The molecule has 5 N–H and O–H groups in total. The van der Waals surface area contributed by atoms with Gasteiger partial charge in [-0.3, -0.25) is 0 Å². The number of rotatable bonds is 5. The van der Waals surface area contributed by atoms with Crippen molar-refractivity contribution in [3.63, 3.8) is 0 Å². The van der Waals surface area contributed by atoms with Gasteiger partial charge >= 0.3 is 0 Å². The van der Waals surface area contributed by atoms with Gasteiger partial charge in [-0.1, -0.05) is 23.0 Å². The highest BCUT2D eigenvalue weighted by Crippen LogP contribution is 2.30. The Hall–Kier alpha value is -0.640. The van der Waals surface area contributed by atoms with Crippen molar-refractivity contribution in [2.45, 2.75) is 42.7 Å². The van der Waals surface area contributed by atoms with Crippen LogP contribution in [0.3, 0.4) is 0 Å². The van der Waals surface area contributed by atoms with Gasteiger partial charge in [0.25, 0.3) is 0 Å². The van der Waals surface area contributed by atoms with E-state index in [0.29, 0.717) is 17.9 Å². The van der Waals surface area contributed by atoms with Crippen LogP contribution < -0.4 is 0 Å². The minimum absolute atomic E-state index is 0.309. The van der Waals surface area contributed by atoms with Crippen molar-refractivity contribution in [3.8, 4) is 0 Å². The summed E-state index contributed by atoms with van der Waals surface area (Å²) in [7, 11) is 0. The van der Waals surface area contributed by atoms with E-state index >= 15 is 0 Å². The minimum Gasteiger partial charge on any atom is -0.410 e. The van der Waals surface area contributed by atoms with E-state index in [0.717, 1.165) is 11.8 Å². The molecule has 1 saturated heterocycles. The number of hydrogen-bond acceptors (Lipinski definition) is 8. The van der Waals surface area contributed by atoms with Crippen molar-refractivity contribution < 1.29 is 30.4 Å². The fourth-order valence-electron chi connectivity index (χ4n) is 1.66. The molecule has 0 aromatic carbocycles. The molecule has 7 nitrogen and oxygen atoms in total. The molecular formula is C11H19NO6S. The number of allylic oxidation sites excluding steroid dienone is 1. The molecule has 0 amide bonds. The van der Waals surface area contributed by atoms with Crippen LogP contribution in [0.1, 0.15) is 12.8 Å². The maximum atomic E-state index is 9.80. The lowest BCUT2D eigenvalue weighted by Crippen LogP contribution is -2.57. The van der Waals surface area contributed by atoms with Crippen LogP contribution in [0.5, 0.6) is 0 Å². The van der Waals surface area contributed by atoms with Crippen LogP contribution >= 0.6 is 11.8 Å². The van der Waals surface area contributed by atoms with Gasteiger partial charge in [-0.15, -0.1) is 6.58 Å². The third kappa shape index (κ3) is 4.16. The predicted molar refractivity (Wildman–Crippen MR) is 70.0 cm³/mol. The summed E-state index contributed by atoms with van der Waals surface area (Å²) in [4.78, 5) is 0. The van der Waals surface area contributed by atoms with E-state index < -0.39 is 36.5 Å². The van der Waals surface area contributed by atoms with E-state index in [1.165, 1.54) is 0 Å². The molecule has 1 aliphatic rings. The lowest BCUT2D eigenvalue weighted by Gasteiger charge is -2.39. The minimum atomic E-state index is -1.43. The monoisotopic (exact) mass is 293 g/mol. The molecule has 1 rings (SSSR count). The topological polar surface area (TPSA) is 123 Å². The molecule has 0 radical (unpaired) electrons. The van der Waals surface area contributed by atoms with Gasteiger partial charge in [0, 0.05) is 6.42 Å². The molecule has 0 saturated carbocycles. The van der Waals surface area contributed by atoms with Crippen molar-refractivity contribution in [1.29, 1.82) is 0 Å². The fourth-order valence-corrected chi connectivity index (χ4v) is 2.71. The van der Waals surface area contributed by atoms with E-state index in [4.69, 9.17) is 15.1 Å². The van der Waals surface area contributed by atoms with Crippen LogP contribution in [0.2, 0.25) is 0 Å². The van der Waals surface area contributed by atoms with Crippen molar-refractivity contribution in [2.75, 3.05) is 6.61 Å².